The Labute approximate surface area is 97.2 Å². The predicted octanol–water partition coefficient (Wildman–Crippen LogP) is 3.66. The number of furan rings is 1. The van der Waals surface area contributed by atoms with Gasteiger partial charge in [0, 0.05) is 6.42 Å². The normalized spacial score (nSPS) is 32.7. The van der Waals surface area contributed by atoms with Gasteiger partial charge in [-0.05, 0) is 59.0 Å². The predicted molar refractivity (Wildman–Crippen MR) is 59.7 cm³/mol. The minimum Gasteiger partial charge on any atom is -0.457 e. The van der Waals surface area contributed by atoms with E-state index in [1.54, 1.807) is 12.3 Å². The van der Waals surface area contributed by atoms with Crippen LogP contribution in [0.25, 0.3) is 0 Å². The maximum absolute atomic E-state index is 11.9. The van der Waals surface area contributed by atoms with Crippen molar-refractivity contribution in [2.24, 2.45) is 17.8 Å². The molecule has 80 valence electrons. The summed E-state index contributed by atoms with van der Waals surface area (Å²) in [5.74, 6) is 2.76. The zero-order valence-electron chi connectivity index (χ0n) is 8.41. The van der Waals surface area contributed by atoms with Crippen molar-refractivity contribution in [3.63, 3.8) is 0 Å². The molecule has 0 aromatic carbocycles. The third-order valence-corrected chi connectivity index (χ3v) is 4.35. The summed E-state index contributed by atoms with van der Waals surface area (Å²) in [5.41, 5.74) is 0.704. The Balaban J connectivity index is 1.64. The van der Waals surface area contributed by atoms with E-state index in [1.165, 1.54) is 19.3 Å². The molecule has 1 heterocycles. The molecule has 0 N–H and O–H groups in total. The first-order valence-corrected chi connectivity index (χ1v) is 6.29. The number of halogens is 1. The second-order valence-electron chi connectivity index (χ2n) is 4.83. The molecular formula is C12H13BrO2. The van der Waals surface area contributed by atoms with Crippen molar-refractivity contribution in [2.75, 3.05) is 0 Å². The Bertz CT molecular complexity index is 386. The number of rotatable bonds is 3. The summed E-state index contributed by atoms with van der Waals surface area (Å²) in [6.45, 7) is 0. The molecule has 0 radical (unpaired) electrons. The highest BCUT2D eigenvalue weighted by atomic mass is 79.9. The van der Waals surface area contributed by atoms with Crippen molar-refractivity contribution in [2.45, 2.75) is 25.7 Å². The maximum atomic E-state index is 11.9. The number of carbonyl (C=O) groups is 1. The van der Waals surface area contributed by atoms with Gasteiger partial charge in [-0.3, -0.25) is 4.79 Å². The highest BCUT2D eigenvalue weighted by Crippen LogP contribution is 2.55. The minimum absolute atomic E-state index is 0.224. The topological polar surface area (TPSA) is 30.2 Å². The second-order valence-corrected chi connectivity index (χ2v) is 5.55. The lowest BCUT2D eigenvalue weighted by atomic mass is 9.95. The van der Waals surface area contributed by atoms with Crippen LogP contribution in [0.15, 0.2) is 21.4 Å². The van der Waals surface area contributed by atoms with Crippen molar-refractivity contribution in [1.82, 2.24) is 0 Å². The van der Waals surface area contributed by atoms with E-state index in [0.29, 0.717) is 22.6 Å². The maximum Gasteiger partial charge on any atom is 0.179 e. The third-order valence-electron chi connectivity index (χ3n) is 3.73. The van der Waals surface area contributed by atoms with Gasteiger partial charge in [-0.1, -0.05) is 0 Å². The molecule has 1 aromatic rings. The first-order chi connectivity index (χ1) is 7.24. The Kier molecular flexibility index (Phi) is 2.23. The van der Waals surface area contributed by atoms with Gasteiger partial charge in [0.1, 0.15) is 0 Å². The van der Waals surface area contributed by atoms with Gasteiger partial charge in [-0.15, -0.1) is 0 Å². The van der Waals surface area contributed by atoms with E-state index >= 15 is 0 Å². The van der Waals surface area contributed by atoms with Crippen LogP contribution in [-0.4, -0.2) is 5.78 Å². The van der Waals surface area contributed by atoms with Crippen molar-refractivity contribution in [3.8, 4) is 0 Å². The van der Waals surface area contributed by atoms with E-state index in [9.17, 15) is 4.79 Å². The van der Waals surface area contributed by atoms with E-state index in [-0.39, 0.29) is 5.78 Å². The van der Waals surface area contributed by atoms with Crippen molar-refractivity contribution < 1.29 is 9.21 Å². The number of hydrogen-bond donors (Lipinski definition) is 0. The molecule has 1 aromatic heterocycles. The van der Waals surface area contributed by atoms with E-state index in [2.05, 4.69) is 15.9 Å². The zero-order valence-corrected chi connectivity index (χ0v) is 10.00. The number of hydrogen-bond acceptors (Lipinski definition) is 2. The van der Waals surface area contributed by atoms with Gasteiger partial charge in [-0.2, -0.15) is 0 Å². The van der Waals surface area contributed by atoms with Crippen molar-refractivity contribution in [3.05, 3.63) is 22.6 Å². The fourth-order valence-electron chi connectivity index (χ4n) is 2.87. The van der Waals surface area contributed by atoms with Gasteiger partial charge < -0.3 is 4.42 Å². The van der Waals surface area contributed by atoms with Crippen LogP contribution in [0, 0.1) is 17.8 Å². The summed E-state index contributed by atoms with van der Waals surface area (Å²) in [6.07, 6.45) is 6.21. The van der Waals surface area contributed by atoms with Crippen LogP contribution in [-0.2, 0) is 0 Å². The molecule has 0 bridgehead atoms. The van der Waals surface area contributed by atoms with Gasteiger partial charge in [0.05, 0.1) is 11.8 Å². The fraction of sp³-hybridized carbons (Fsp3) is 0.583. The monoisotopic (exact) mass is 268 g/mol. The van der Waals surface area contributed by atoms with Crippen LogP contribution in [0.1, 0.15) is 36.0 Å². The SMILES string of the molecule is O=C(CC1CC2CC2C1)c1ccoc1Br. The van der Waals surface area contributed by atoms with Crippen LogP contribution < -0.4 is 0 Å². The lowest BCUT2D eigenvalue weighted by Gasteiger charge is -2.09. The summed E-state index contributed by atoms with van der Waals surface area (Å²) in [5, 5.41) is 0. The molecule has 0 aliphatic heterocycles. The molecule has 2 aliphatic rings. The Hall–Kier alpha value is -0.570. The lowest BCUT2D eigenvalue weighted by molar-refractivity contribution is 0.0958. The molecular weight excluding hydrogens is 256 g/mol. The van der Waals surface area contributed by atoms with Gasteiger partial charge in [0.25, 0.3) is 0 Å². The fourth-order valence-corrected chi connectivity index (χ4v) is 3.33. The molecule has 0 amide bonds. The number of ketones is 1. The molecule has 2 aliphatic carbocycles. The molecule has 3 heteroatoms. The van der Waals surface area contributed by atoms with Gasteiger partial charge >= 0.3 is 0 Å². The quantitative estimate of drug-likeness (QED) is 0.784. The second kappa shape index (κ2) is 3.48. The Morgan fingerprint density at radius 1 is 1.40 bits per heavy atom. The molecule has 2 unspecified atom stereocenters. The molecule has 3 rings (SSSR count). The zero-order chi connectivity index (χ0) is 10.4. The highest BCUT2D eigenvalue weighted by molar-refractivity contribution is 9.10. The first kappa shape index (κ1) is 9.64. The Morgan fingerprint density at radius 2 is 2.13 bits per heavy atom. The first-order valence-electron chi connectivity index (χ1n) is 5.50. The average Bonchev–Trinajstić information content (AvgIpc) is 2.61. The van der Waals surface area contributed by atoms with Crippen molar-refractivity contribution in [1.29, 1.82) is 0 Å². The summed E-state index contributed by atoms with van der Waals surface area (Å²) in [6, 6.07) is 1.75. The van der Waals surface area contributed by atoms with Crippen molar-refractivity contribution >= 4 is 21.7 Å². The van der Waals surface area contributed by atoms with E-state index in [1.807, 2.05) is 0 Å². The molecule has 2 atom stereocenters. The van der Waals surface area contributed by atoms with Crippen LogP contribution in [0.5, 0.6) is 0 Å². The van der Waals surface area contributed by atoms with Gasteiger partial charge in [-0.25, -0.2) is 0 Å². The van der Waals surface area contributed by atoms with Gasteiger partial charge in [0.2, 0.25) is 0 Å². The Morgan fingerprint density at radius 3 is 2.73 bits per heavy atom. The van der Waals surface area contributed by atoms with Crippen LogP contribution in [0.4, 0.5) is 0 Å². The minimum atomic E-state index is 0.224. The highest BCUT2D eigenvalue weighted by Gasteiger charge is 2.46. The number of fused-ring (bicyclic) bond motifs is 1. The molecule has 0 spiro atoms. The van der Waals surface area contributed by atoms with E-state index in [0.717, 1.165) is 11.8 Å². The van der Waals surface area contributed by atoms with Crippen LogP contribution >= 0.6 is 15.9 Å². The van der Waals surface area contributed by atoms with E-state index in [4.69, 9.17) is 4.42 Å². The molecule has 15 heavy (non-hydrogen) atoms. The standard InChI is InChI=1S/C12H13BrO2/c13-12-10(1-2-15-12)11(14)5-7-3-8-6-9(8)4-7/h1-2,7-9H,3-6H2. The largest absolute Gasteiger partial charge is 0.457 e. The molecule has 2 saturated carbocycles. The van der Waals surface area contributed by atoms with Crippen LogP contribution in [0.2, 0.25) is 0 Å². The summed E-state index contributed by atoms with van der Waals surface area (Å²) >= 11 is 3.25. The number of Topliss-reactive ketones (excluding diaryl/α,β-unsaturated/α-hetero) is 1. The lowest BCUT2D eigenvalue weighted by Crippen LogP contribution is -2.07. The smallest absolute Gasteiger partial charge is 0.179 e. The van der Waals surface area contributed by atoms with Gasteiger partial charge in [0.15, 0.2) is 10.5 Å². The average molecular weight is 269 g/mol. The summed E-state index contributed by atoms with van der Waals surface area (Å²) in [4.78, 5) is 11.9. The number of carbonyl (C=O) groups excluding carboxylic acids is 1. The molecule has 2 fully saturated rings. The van der Waals surface area contributed by atoms with Crippen LogP contribution in [0.3, 0.4) is 0 Å². The summed E-state index contributed by atoms with van der Waals surface area (Å²) < 4.78 is 5.66. The molecule has 0 saturated heterocycles. The van der Waals surface area contributed by atoms with E-state index < -0.39 is 0 Å². The summed E-state index contributed by atoms with van der Waals surface area (Å²) in [7, 11) is 0. The molecule has 2 nitrogen and oxygen atoms in total. The third kappa shape index (κ3) is 1.78.